The van der Waals surface area contributed by atoms with E-state index in [-0.39, 0.29) is 12.5 Å². The van der Waals surface area contributed by atoms with Gasteiger partial charge in [-0.15, -0.1) is 0 Å². The summed E-state index contributed by atoms with van der Waals surface area (Å²) in [6.07, 6.45) is 2.49. The Kier molecular flexibility index (Phi) is 7.45. The Morgan fingerprint density at radius 3 is 2.81 bits per heavy atom. The number of urea groups is 1. The first-order chi connectivity index (χ1) is 9.99. The van der Waals surface area contributed by atoms with Crippen molar-refractivity contribution in [3.8, 4) is 0 Å². The number of likely N-dealkylation sites (tertiary alicyclic amines) is 1. The number of methoxy groups -OCH3 is 1. The number of carbonyl (C=O) groups is 2. The Morgan fingerprint density at radius 2 is 2.24 bits per heavy atom. The molecule has 1 heterocycles. The second-order valence-corrected chi connectivity index (χ2v) is 5.43. The number of ether oxygens (including phenoxy) is 1. The van der Waals surface area contributed by atoms with Gasteiger partial charge in [-0.05, 0) is 25.9 Å². The van der Waals surface area contributed by atoms with Crippen molar-refractivity contribution in [3.05, 3.63) is 0 Å². The minimum Gasteiger partial charge on any atom is -0.480 e. The van der Waals surface area contributed by atoms with E-state index in [4.69, 9.17) is 9.84 Å². The highest BCUT2D eigenvalue weighted by Crippen LogP contribution is 2.17. The van der Waals surface area contributed by atoms with Crippen LogP contribution in [0.25, 0.3) is 0 Å². The van der Waals surface area contributed by atoms with E-state index in [0.29, 0.717) is 19.2 Å². The maximum absolute atomic E-state index is 12.1. The molecule has 2 atom stereocenters. The fourth-order valence-corrected chi connectivity index (χ4v) is 2.67. The zero-order valence-electron chi connectivity index (χ0n) is 13.2. The van der Waals surface area contributed by atoms with Crippen LogP contribution in [-0.4, -0.2) is 79.4 Å². The lowest BCUT2D eigenvalue weighted by Crippen LogP contribution is -2.50. The van der Waals surface area contributed by atoms with Crippen LogP contribution in [0, 0.1) is 0 Å². The van der Waals surface area contributed by atoms with Gasteiger partial charge in [0.15, 0.2) is 0 Å². The molecule has 21 heavy (non-hydrogen) atoms. The quantitative estimate of drug-likeness (QED) is 0.686. The molecule has 2 N–H and O–H groups in total. The summed E-state index contributed by atoms with van der Waals surface area (Å²) in [5.41, 5.74) is 0. The van der Waals surface area contributed by atoms with Crippen LogP contribution >= 0.6 is 0 Å². The maximum Gasteiger partial charge on any atom is 0.326 e. The fourth-order valence-electron chi connectivity index (χ4n) is 2.67. The number of hydrogen-bond donors (Lipinski definition) is 2. The molecule has 1 fully saturated rings. The van der Waals surface area contributed by atoms with Gasteiger partial charge in [0.25, 0.3) is 0 Å². The lowest BCUT2D eigenvalue weighted by Gasteiger charge is -2.28. The summed E-state index contributed by atoms with van der Waals surface area (Å²) < 4.78 is 4.87. The van der Waals surface area contributed by atoms with E-state index in [9.17, 15) is 9.59 Å². The van der Waals surface area contributed by atoms with E-state index in [1.165, 1.54) is 7.11 Å². The van der Waals surface area contributed by atoms with Crippen LogP contribution in [-0.2, 0) is 9.53 Å². The zero-order valence-corrected chi connectivity index (χ0v) is 13.2. The van der Waals surface area contributed by atoms with Gasteiger partial charge in [-0.25, -0.2) is 9.59 Å². The number of likely N-dealkylation sites (N-methyl/N-ethyl adjacent to an activating group) is 2. The molecule has 2 amide bonds. The molecule has 0 aromatic rings. The first-order valence-electron chi connectivity index (χ1n) is 7.47. The number of carbonyl (C=O) groups excluding carboxylic acids is 1. The van der Waals surface area contributed by atoms with Gasteiger partial charge in [0.05, 0.1) is 0 Å². The van der Waals surface area contributed by atoms with Crippen LogP contribution in [0.1, 0.15) is 26.2 Å². The molecule has 7 nitrogen and oxygen atoms in total. The van der Waals surface area contributed by atoms with Crippen molar-refractivity contribution in [1.29, 1.82) is 0 Å². The third-order valence-corrected chi connectivity index (χ3v) is 3.94. The number of nitrogens with one attached hydrogen (secondary N) is 1. The average molecular weight is 301 g/mol. The summed E-state index contributed by atoms with van der Waals surface area (Å²) in [6.45, 7) is 5.08. The third kappa shape index (κ3) is 5.51. The Balaban J connectivity index is 2.46. The Bertz CT molecular complexity index is 351. The average Bonchev–Trinajstić information content (AvgIpc) is 2.89. The van der Waals surface area contributed by atoms with Crippen molar-refractivity contribution in [1.82, 2.24) is 15.1 Å². The van der Waals surface area contributed by atoms with Crippen molar-refractivity contribution in [2.24, 2.45) is 0 Å². The molecule has 0 aromatic carbocycles. The summed E-state index contributed by atoms with van der Waals surface area (Å²) >= 11 is 0. The van der Waals surface area contributed by atoms with Gasteiger partial charge in [0.1, 0.15) is 6.04 Å². The van der Waals surface area contributed by atoms with Crippen LogP contribution in [0.3, 0.4) is 0 Å². The van der Waals surface area contributed by atoms with Crippen molar-refractivity contribution in [2.75, 3.05) is 40.4 Å². The van der Waals surface area contributed by atoms with Gasteiger partial charge in [-0.3, -0.25) is 4.90 Å². The monoisotopic (exact) mass is 301 g/mol. The number of aliphatic carboxylic acids is 1. The predicted octanol–water partition coefficient (Wildman–Crippen LogP) is 0.602. The standard InChI is InChI=1S/C14H27N3O4/c1-4-17-8-5-6-11(17)10-16(2)14(20)15-12(13(18)19)7-9-21-3/h11-12H,4-10H2,1-3H3,(H,15,20)(H,18,19). The van der Waals surface area contributed by atoms with E-state index in [2.05, 4.69) is 17.1 Å². The molecular weight excluding hydrogens is 274 g/mol. The Hall–Kier alpha value is -1.34. The largest absolute Gasteiger partial charge is 0.480 e. The van der Waals surface area contributed by atoms with Crippen molar-refractivity contribution in [2.45, 2.75) is 38.3 Å². The van der Waals surface area contributed by atoms with Gasteiger partial charge in [0.2, 0.25) is 0 Å². The molecule has 0 aromatic heterocycles. The Labute approximate surface area is 126 Å². The zero-order chi connectivity index (χ0) is 15.8. The summed E-state index contributed by atoms with van der Waals surface area (Å²) in [6, 6.07) is -0.889. The van der Waals surface area contributed by atoms with Gasteiger partial charge >= 0.3 is 12.0 Å². The summed E-state index contributed by atoms with van der Waals surface area (Å²) in [5, 5.41) is 11.6. The SMILES string of the molecule is CCN1CCCC1CN(C)C(=O)NC(CCOC)C(=O)O. The summed E-state index contributed by atoms with van der Waals surface area (Å²) in [4.78, 5) is 27.1. The van der Waals surface area contributed by atoms with Gasteiger partial charge in [0, 0.05) is 39.8 Å². The number of carboxylic acids is 1. The van der Waals surface area contributed by atoms with Gasteiger partial charge < -0.3 is 20.1 Å². The first-order valence-corrected chi connectivity index (χ1v) is 7.47. The highest BCUT2D eigenvalue weighted by Gasteiger charge is 2.27. The molecule has 122 valence electrons. The van der Waals surface area contributed by atoms with E-state index in [1.807, 2.05) is 0 Å². The van der Waals surface area contributed by atoms with E-state index < -0.39 is 12.0 Å². The molecule has 0 aliphatic carbocycles. The van der Waals surface area contributed by atoms with E-state index in [1.54, 1.807) is 11.9 Å². The molecule has 0 saturated carbocycles. The second kappa shape index (κ2) is 8.84. The predicted molar refractivity (Wildman–Crippen MR) is 79.3 cm³/mol. The molecule has 7 heteroatoms. The number of nitrogens with zero attached hydrogens (tertiary/aromatic N) is 2. The van der Waals surface area contributed by atoms with Crippen LogP contribution in [0.5, 0.6) is 0 Å². The molecule has 0 spiro atoms. The minimum absolute atomic E-state index is 0.260. The van der Waals surface area contributed by atoms with Crippen molar-refractivity contribution in [3.63, 3.8) is 0 Å². The summed E-state index contributed by atoms with van der Waals surface area (Å²) in [7, 11) is 3.21. The second-order valence-electron chi connectivity index (χ2n) is 5.43. The Morgan fingerprint density at radius 1 is 1.52 bits per heavy atom. The normalized spacial score (nSPS) is 20.2. The lowest BCUT2D eigenvalue weighted by atomic mass is 10.2. The topological polar surface area (TPSA) is 82.1 Å². The van der Waals surface area contributed by atoms with E-state index >= 15 is 0 Å². The molecular formula is C14H27N3O4. The molecule has 1 rings (SSSR count). The highest BCUT2D eigenvalue weighted by atomic mass is 16.5. The fraction of sp³-hybridized carbons (Fsp3) is 0.857. The van der Waals surface area contributed by atoms with Gasteiger partial charge in [-0.1, -0.05) is 6.92 Å². The maximum atomic E-state index is 12.1. The number of carboxylic acid groups (broad SMARTS) is 1. The third-order valence-electron chi connectivity index (χ3n) is 3.94. The van der Waals surface area contributed by atoms with Crippen LogP contribution < -0.4 is 5.32 Å². The number of rotatable bonds is 8. The van der Waals surface area contributed by atoms with Crippen molar-refractivity contribution < 1.29 is 19.4 Å². The minimum atomic E-state index is -1.04. The molecule has 1 aliphatic heterocycles. The molecule has 1 saturated heterocycles. The summed E-state index contributed by atoms with van der Waals surface area (Å²) in [5.74, 6) is -1.04. The van der Waals surface area contributed by atoms with E-state index in [0.717, 1.165) is 25.9 Å². The molecule has 0 radical (unpaired) electrons. The molecule has 2 unspecified atom stereocenters. The lowest BCUT2D eigenvalue weighted by molar-refractivity contribution is -0.139. The van der Waals surface area contributed by atoms with Crippen LogP contribution in [0.4, 0.5) is 4.79 Å². The molecule has 0 bridgehead atoms. The number of hydrogen-bond acceptors (Lipinski definition) is 4. The van der Waals surface area contributed by atoms with Crippen LogP contribution in [0.15, 0.2) is 0 Å². The highest BCUT2D eigenvalue weighted by molar-refractivity contribution is 5.82. The smallest absolute Gasteiger partial charge is 0.326 e. The number of amides is 2. The van der Waals surface area contributed by atoms with Gasteiger partial charge in [-0.2, -0.15) is 0 Å². The van der Waals surface area contributed by atoms with Crippen LogP contribution in [0.2, 0.25) is 0 Å². The first kappa shape index (κ1) is 17.7. The molecule has 1 aliphatic rings. The van der Waals surface area contributed by atoms with Crippen molar-refractivity contribution >= 4 is 12.0 Å².